The normalized spacial score (nSPS) is 11.8. The Bertz CT molecular complexity index is 1260. The molecule has 0 atom stereocenters. The number of hydrogen-bond acceptors (Lipinski definition) is 1. The third-order valence-corrected chi connectivity index (χ3v) is 6.48. The molecule has 0 bridgehead atoms. The summed E-state index contributed by atoms with van der Waals surface area (Å²) in [5, 5.41) is 5.39. The predicted octanol–water partition coefficient (Wildman–Crippen LogP) is 8.00. The van der Waals surface area contributed by atoms with Crippen LogP contribution in [0.5, 0.6) is 0 Å². The Morgan fingerprint density at radius 3 is 2.23 bits per heavy atom. The van der Waals surface area contributed by atoms with E-state index < -0.39 is 0 Å². The minimum atomic E-state index is 0.485. The van der Waals surface area contributed by atoms with E-state index in [1.165, 1.54) is 47.6 Å². The zero-order valence-corrected chi connectivity index (χ0v) is 15.8. The zero-order valence-electron chi connectivity index (χ0n) is 15.0. The van der Waals surface area contributed by atoms with Crippen molar-refractivity contribution in [3.05, 3.63) is 84.4 Å². The van der Waals surface area contributed by atoms with Gasteiger partial charge in [0.05, 0.1) is 0 Å². The van der Waals surface area contributed by atoms with Crippen LogP contribution in [0.4, 0.5) is 0 Å². The highest BCUT2D eigenvalue weighted by molar-refractivity contribution is 7.26. The predicted molar refractivity (Wildman–Crippen MR) is 116 cm³/mol. The van der Waals surface area contributed by atoms with Crippen molar-refractivity contribution in [3.63, 3.8) is 0 Å². The van der Waals surface area contributed by atoms with E-state index in [2.05, 4.69) is 92.7 Å². The third-order valence-electron chi connectivity index (χ3n) is 5.26. The molecule has 26 heavy (non-hydrogen) atoms. The van der Waals surface area contributed by atoms with Crippen LogP contribution in [-0.4, -0.2) is 0 Å². The Balaban J connectivity index is 1.95. The number of benzene rings is 4. The number of fused-ring (bicyclic) bond motifs is 4. The van der Waals surface area contributed by atoms with Crippen molar-refractivity contribution in [3.8, 4) is 11.1 Å². The standard InChI is InChI=1S/C25H20S/c1-16(2)18-15-14-17-8-3-4-9-19(17)24(18)22-12-7-11-21-20-10-5-6-13-23(20)26-25(21)22/h3-16H,1-2H3. The van der Waals surface area contributed by atoms with Gasteiger partial charge in [-0.15, -0.1) is 11.3 Å². The summed E-state index contributed by atoms with van der Waals surface area (Å²) in [5.41, 5.74) is 4.19. The van der Waals surface area contributed by atoms with Gasteiger partial charge in [0.2, 0.25) is 0 Å². The maximum Gasteiger partial charge on any atom is 0.0434 e. The maximum absolute atomic E-state index is 2.31. The summed E-state index contributed by atoms with van der Waals surface area (Å²) in [6.07, 6.45) is 0. The van der Waals surface area contributed by atoms with Crippen molar-refractivity contribution in [1.29, 1.82) is 0 Å². The molecule has 0 saturated heterocycles. The summed E-state index contributed by atoms with van der Waals surface area (Å²) >= 11 is 1.91. The van der Waals surface area contributed by atoms with Gasteiger partial charge in [-0.2, -0.15) is 0 Å². The molecule has 0 spiro atoms. The highest BCUT2D eigenvalue weighted by Gasteiger charge is 2.16. The molecule has 4 aromatic carbocycles. The molecule has 0 amide bonds. The minimum Gasteiger partial charge on any atom is -0.135 e. The first-order chi connectivity index (χ1) is 12.7. The fraction of sp³-hybridized carbons (Fsp3) is 0.120. The fourth-order valence-corrected chi connectivity index (χ4v) is 5.24. The van der Waals surface area contributed by atoms with Crippen LogP contribution in [0.3, 0.4) is 0 Å². The van der Waals surface area contributed by atoms with Gasteiger partial charge in [-0.25, -0.2) is 0 Å². The van der Waals surface area contributed by atoms with E-state index >= 15 is 0 Å². The van der Waals surface area contributed by atoms with Crippen LogP contribution in [0.1, 0.15) is 25.3 Å². The van der Waals surface area contributed by atoms with Crippen LogP contribution in [0.2, 0.25) is 0 Å². The Morgan fingerprint density at radius 1 is 0.654 bits per heavy atom. The van der Waals surface area contributed by atoms with Crippen LogP contribution in [0, 0.1) is 0 Å². The molecular weight excluding hydrogens is 332 g/mol. The molecular formula is C25H20S. The van der Waals surface area contributed by atoms with E-state index in [4.69, 9.17) is 0 Å². The topological polar surface area (TPSA) is 0 Å². The largest absolute Gasteiger partial charge is 0.135 e. The van der Waals surface area contributed by atoms with Crippen molar-refractivity contribution in [2.24, 2.45) is 0 Å². The van der Waals surface area contributed by atoms with Gasteiger partial charge < -0.3 is 0 Å². The Labute approximate surface area is 157 Å². The summed E-state index contributed by atoms with van der Waals surface area (Å²) in [7, 11) is 0. The van der Waals surface area contributed by atoms with E-state index in [1.807, 2.05) is 11.3 Å². The first kappa shape index (κ1) is 15.6. The Hall–Kier alpha value is -2.64. The first-order valence-corrected chi connectivity index (χ1v) is 9.98. The second-order valence-corrected chi connectivity index (χ2v) is 8.24. The van der Waals surface area contributed by atoms with E-state index in [9.17, 15) is 0 Å². The van der Waals surface area contributed by atoms with Crippen LogP contribution >= 0.6 is 11.3 Å². The highest BCUT2D eigenvalue weighted by atomic mass is 32.1. The minimum absolute atomic E-state index is 0.485. The molecule has 1 aromatic heterocycles. The molecule has 0 aliphatic carbocycles. The van der Waals surface area contributed by atoms with E-state index in [1.54, 1.807) is 0 Å². The maximum atomic E-state index is 2.31. The molecule has 126 valence electrons. The smallest absolute Gasteiger partial charge is 0.0434 e. The van der Waals surface area contributed by atoms with Gasteiger partial charge in [0.1, 0.15) is 0 Å². The second kappa shape index (κ2) is 5.96. The Morgan fingerprint density at radius 2 is 1.38 bits per heavy atom. The monoisotopic (exact) mass is 352 g/mol. The van der Waals surface area contributed by atoms with Crippen molar-refractivity contribution in [2.75, 3.05) is 0 Å². The summed E-state index contributed by atoms with van der Waals surface area (Å²) in [6, 6.07) is 28.9. The molecule has 5 rings (SSSR count). The molecule has 1 heterocycles. The molecule has 0 aliphatic heterocycles. The molecule has 0 radical (unpaired) electrons. The van der Waals surface area contributed by atoms with Gasteiger partial charge in [-0.3, -0.25) is 0 Å². The van der Waals surface area contributed by atoms with Crippen molar-refractivity contribution < 1.29 is 0 Å². The van der Waals surface area contributed by atoms with E-state index in [-0.39, 0.29) is 0 Å². The first-order valence-electron chi connectivity index (χ1n) is 9.16. The van der Waals surface area contributed by atoms with E-state index in [0.717, 1.165) is 0 Å². The lowest BCUT2D eigenvalue weighted by Gasteiger charge is -2.17. The lowest BCUT2D eigenvalue weighted by molar-refractivity contribution is 0.871. The molecule has 0 nitrogen and oxygen atoms in total. The van der Waals surface area contributed by atoms with E-state index in [0.29, 0.717) is 5.92 Å². The molecule has 0 unspecified atom stereocenters. The van der Waals surface area contributed by atoms with Crippen LogP contribution < -0.4 is 0 Å². The Kier molecular flexibility index (Phi) is 3.58. The third kappa shape index (κ3) is 2.28. The number of rotatable bonds is 2. The molecule has 0 fully saturated rings. The second-order valence-electron chi connectivity index (χ2n) is 7.19. The van der Waals surface area contributed by atoms with Crippen molar-refractivity contribution in [2.45, 2.75) is 19.8 Å². The van der Waals surface area contributed by atoms with Gasteiger partial charge in [0.25, 0.3) is 0 Å². The van der Waals surface area contributed by atoms with Gasteiger partial charge in [-0.05, 0) is 33.9 Å². The van der Waals surface area contributed by atoms with Crippen LogP contribution in [-0.2, 0) is 0 Å². The quantitative estimate of drug-likeness (QED) is 0.302. The van der Waals surface area contributed by atoms with Gasteiger partial charge >= 0.3 is 0 Å². The number of hydrogen-bond donors (Lipinski definition) is 0. The SMILES string of the molecule is CC(C)c1ccc2ccccc2c1-c1cccc2c1sc1ccccc12. The van der Waals surface area contributed by atoms with Crippen LogP contribution in [0.15, 0.2) is 78.9 Å². The van der Waals surface area contributed by atoms with Gasteiger partial charge in [0.15, 0.2) is 0 Å². The lowest BCUT2D eigenvalue weighted by atomic mass is 9.88. The summed E-state index contributed by atoms with van der Waals surface area (Å²) in [4.78, 5) is 0. The molecule has 1 heteroatoms. The summed E-state index contributed by atoms with van der Waals surface area (Å²) < 4.78 is 2.76. The lowest BCUT2D eigenvalue weighted by Crippen LogP contribution is -1.94. The molecule has 5 aromatic rings. The molecule has 0 N–H and O–H groups in total. The van der Waals surface area contributed by atoms with Crippen molar-refractivity contribution >= 4 is 42.3 Å². The van der Waals surface area contributed by atoms with Crippen LogP contribution in [0.25, 0.3) is 42.1 Å². The molecule has 0 aliphatic rings. The molecule has 0 saturated carbocycles. The fourth-order valence-electron chi connectivity index (χ4n) is 4.01. The van der Waals surface area contributed by atoms with Gasteiger partial charge in [0, 0.05) is 25.7 Å². The number of thiophene rings is 1. The highest BCUT2D eigenvalue weighted by Crippen LogP contribution is 2.44. The average Bonchev–Trinajstić information content (AvgIpc) is 3.06. The summed E-state index contributed by atoms with van der Waals surface area (Å²) in [6.45, 7) is 4.58. The zero-order chi connectivity index (χ0) is 17.7. The average molecular weight is 353 g/mol. The summed E-state index contributed by atoms with van der Waals surface area (Å²) in [5.74, 6) is 0.485. The van der Waals surface area contributed by atoms with Gasteiger partial charge in [-0.1, -0.05) is 86.6 Å². The van der Waals surface area contributed by atoms with Crippen molar-refractivity contribution in [1.82, 2.24) is 0 Å².